The molecular weight excluding hydrogens is 495 g/mol. The molecule has 0 saturated carbocycles. The molecule has 0 fully saturated rings. The van der Waals surface area contributed by atoms with Crippen LogP contribution in [0.3, 0.4) is 0 Å². The molecule has 2 aromatic heterocycles. The Morgan fingerprint density at radius 1 is 1.16 bits per heavy atom. The highest BCUT2D eigenvalue weighted by Gasteiger charge is 2.33. The Hall–Kier alpha value is -4.33. The number of alkyl halides is 3. The molecule has 1 aliphatic rings. The summed E-state index contributed by atoms with van der Waals surface area (Å²) < 4.78 is 44.5. The van der Waals surface area contributed by atoms with Gasteiger partial charge in [0.15, 0.2) is 0 Å². The standard InChI is InChI=1S/C23H22F3N7O4/c1-11-4-5-13(6-15(11)23(24,25)26)30-21(35)17-7-16(32-37-17)12(2)29-22(36)19-14-8-33(3)9-18(34)31-20(14)28-10-27-19/h4-7,10,12H,8-9H2,1-3H3,(H,29,36)(H,30,35)(H,27,28,31,34)/t12-/m0/s1. The van der Waals surface area contributed by atoms with Gasteiger partial charge < -0.3 is 20.5 Å². The number of nitrogens with zero attached hydrogens (tertiary/aromatic N) is 4. The molecule has 0 unspecified atom stereocenters. The molecule has 3 amide bonds. The number of aromatic nitrogens is 3. The highest BCUT2D eigenvalue weighted by molar-refractivity contribution is 6.02. The molecule has 1 aromatic carbocycles. The number of carbonyl (C=O) groups excluding carboxylic acids is 3. The number of carbonyl (C=O) groups is 3. The number of fused-ring (bicyclic) bond motifs is 1. The van der Waals surface area contributed by atoms with Crippen molar-refractivity contribution in [1.29, 1.82) is 0 Å². The van der Waals surface area contributed by atoms with E-state index < -0.39 is 29.6 Å². The first-order valence-electron chi connectivity index (χ1n) is 11.0. The van der Waals surface area contributed by atoms with Crippen LogP contribution in [-0.2, 0) is 17.5 Å². The second-order valence-corrected chi connectivity index (χ2v) is 8.56. The normalized spacial score (nSPS) is 14.8. The Morgan fingerprint density at radius 2 is 1.92 bits per heavy atom. The maximum absolute atomic E-state index is 13.2. The summed E-state index contributed by atoms with van der Waals surface area (Å²) in [5.74, 6) is -1.66. The van der Waals surface area contributed by atoms with Crippen molar-refractivity contribution in [3.05, 3.63) is 64.4 Å². The Kier molecular flexibility index (Phi) is 6.94. The van der Waals surface area contributed by atoms with E-state index in [-0.39, 0.29) is 53.2 Å². The first-order chi connectivity index (χ1) is 17.4. The minimum Gasteiger partial charge on any atom is -0.351 e. The van der Waals surface area contributed by atoms with E-state index in [1.54, 1.807) is 18.9 Å². The van der Waals surface area contributed by atoms with Crippen molar-refractivity contribution in [3.63, 3.8) is 0 Å². The van der Waals surface area contributed by atoms with Gasteiger partial charge in [-0.15, -0.1) is 0 Å². The number of benzene rings is 1. The van der Waals surface area contributed by atoms with Crippen LogP contribution in [0.2, 0.25) is 0 Å². The van der Waals surface area contributed by atoms with E-state index >= 15 is 0 Å². The van der Waals surface area contributed by atoms with Gasteiger partial charge >= 0.3 is 6.18 Å². The van der Waals surface area contributed by atoms with Crippen LogP contribution in [0.4, 0.5) is 24.7 Å². The maximum atomic E-state index is 13.2. The van der Waals surface area contributed by atoms with Crippen LogP contribution < -0.4 is 16.0 Å². The van der Waals surface area contributed by atoms with E-state index in [0.717, 1.165) is 12.4 Å². The quantitative estimate of drug-likeness (QED) is 0.469. The second-order valence-electron chi connectivity index (χ2n) is 8.56. The summed E-state index contributed by atoms with van der Waals surface area (Å²) in [7, 11) is 1.72. The van der Waals surface area contributed by atoms with Gasteiger partial charge in [0.2, 0.25) is 11.7 Å². The number of aryl methyl sites for hydroxylation is 1. The predicted molar refractivity (Wildman–Crippen MR) is 124 cm³/mol. The van der Waals surface area contributed by atoms with E-state index in [0.29, 0.717) is 5.56 Å². The molecule has 194 valence electrons. The number of rotatable bonds is 5. The van der Waals surface area contributed by atoms with Crippen molar-refractivity contribution >= 4 is 29.2 Å². The van der Waals surface area contributed by atoms with Gasteiger partial charge in [0, 0.05) is 23.9 Å². The fourth-order valence-electron chi connectivity index (χ4n) is 3.74. The fraction of sp³-hybridized carbons (Fsp3) is 0.304. The Morgan fingerprint density at radius 3 is 2.65 bits per heavy atom. The molecule has 11 nitrogen and oxygen atoms in total. The zero-order chi connectivity index (χ0) is 26.9. The smallest absolute Gasteiger partial charge is 0.351 e. The van der Waals surface area contributed by atoms with Crippen molar-refractivity contribution in [2.24, 2.45) is 0 Å². The fourth-order valence-corrected chi connectivity index (χ4v) is 3.74. The van der Waals surface area contributed by atoms with E-state index in [4.69, 9.17) is 4.52 Å². The number of halogens is 3. The molecule has 0 bridgehead atoms. The van der Waals surface area contributed by atoms with E-state index in [2.05, 4.69) is 31.1 Å². The number of amides is 3. The monoisotopic (exact) mass is 517 g/mol. The molecule has 3 aromatic rings. The van der Waals surface area contributed by atoms with Gasteiger partial charge in [-0.1, -0.05) is 11.2 Å². The summed E-state index contributed by atoms with van der Waals surface area (Å²) in [5.41, 5.74) is -0.211. The summed E-state index contributed by atoms with van der Waals surface area (Å²) in [4.78, 5) is 47.2. The average molecular weight is 517 g/mol. The number of likely N-dealkylation sites (N-methyl/N-ethyl adjacent to an activating group) is 1. The predicted octanol–water partition coefficient (Wildman–Crippen LogP) is 2.92. The number of anilines is 2. The molecule has 1 atom stereocenters. The molecule has 4 rings (SSSR count). The lowest BCUT2D eigenvalue weighted by molar-refractivity contribution is -0.138. The zero-order valence-corrected chi connectivity index (χ0v) is 19.9. The highest BCUT2D eigenvalue weighted by atomic mass is 19.4. The lowest BCUT2D eigenvalue weighted by Crippen LogP contribution is -2.30. The molecule has 0 spiro atoms. The average Bonchev–Trinajstić information content (AvgIpc) is 3.25. The Bertz CT molecular complexity index is 1370. The molecule has 14 heteroatoms. The molecule has 0 saturated heterocycles. The summed E-state index contributed by atoms with van der Waals surface area (Å²) in [6.45, 7) is 3.30. The van der Waals surface area contributed by atoms with E-state index in [9.17, 15) is 27.6 Å². The lowest BCUT2D eigenvalue weighted by Gasteiger charge is -2.15. The summed E-state index contributed by atoms with van der Waals surface area (Å²) >= 11 is 0. The second kappa shape index (κ2) is 9.97. The van der Waals surface area contributed by atoms with Crippen LogP contribution in [0.25, 0.3) is 0 Å². The summed E-state index contributed by atoms with van der Waals surface area (Å²) in [6.07, 6.45) is -3.40. The van der Waals surface area contributed by atoms with Crippen molar-refractivity contribution < 1.29 is 32.1 Å². The minimum atomic E-state index is -4.57. The molecule has 0 radical (unpaired) electrons. The van der Waals surface area contributed by atoms with Crippen LogP contribution in [0.1, 0.15) is 56.4 Å². The number of nitrogens with one attached hydrogen (secondary N) is 3. The highest BCUT2D eigenvalue weighted by Crippen LogP contribution is 2.33. The van der Waals surface area contributed by atoms with Gasteiger partial charge in [0.1, 0.15) is 23.5 Å². The van der Waals surface area contributed by atoms with Gasteiger partial charge in [-0.25, -0.2) is 9.97 Å². The third-order valence-corrected chi connectivity index (χ3v) is 5.60. The van der Waals surface area contributed by atoms with Crippen LogP contribution in [0.15, 0.2) is 35.1 Å². The molecule has 37 heavy (non-hydrogen) atoms. The first-order valence-corrected chi connectivity index (χ1v) is 11.0. The molecule has 0 aliphatic carbocycles. The van der Waals surface area contributed by atoms with Crippen molar-refractivity contribution in [2.75, 3.05) is 24.2 Å². The van der Waals surface area contributed by atoms with Crippen LogP contribution >= 0.6 is 0 Å². The summed E-state index contributed by atoms with van der Waals surface area (Å²) in [6, 6.07) is 3.97. The Balaban J connectivity index is 1.46. The van der Waals surface area contributed by atoms with E-state index in [1.165, 1.54) is 25.1 Å². The Labute approximate surface area is 208 Å². The van der Waals surface area contributed by atoms with Crippen molar-refractivity contribution in [2.45, 2.75) is 32.6 Å². The van der Waals surface area contributed by atoms with Crippen molar-refractivity contribution in [1.82, 2.24) is 25.3 Å². The van der Waals surface area contributed by atoms with Gasteiger partial charge in [-0.05, 0) is 38.6 Å². The topological polar surface area (TPSA) is 142 Å². The molecule has 3 N–H and O–H groups in total. The van der Waals surface area contributed by atoms with Gasteiger partial charge in [0.05, 0.1) is 18.2 Å². The largest absolute Gasteiger partial charge is 0.416 e. The number of hydrogen-bond donors (Lipinski definition) is 3. The van der Waals surface area contributed by atoms with Crippen molar-refractivity contribution in [3.8, 4) is 0 Å². The van der Waals surface area contributed by atoms with Gasteiger partial charge in [0.25, 0.3) is 11.8 Å². The van der Waals surface area contributed by atoms with Gasteiger partial charge in [-0.3, -0.25) is 19.3 Å². The SMILES string of the molecule is Cc1ccc(NC(=O)c2cc([C@H](C)NC(=O)c3ncnc4c3CN(C)CC(=O)N4)no2)cc1C(F)(F)F. The van der Waals surface area contributed by atoms with Crippen LogP contribution in [0.5, 0.6) is 0 Å². The molecule has 1 aliphatic heterocycles. The number of hydrogen-bond acceptors (Lipinski definition) is 8. The zero-order valence-electron chi connectivity index (χ0n) is 19.9. The van der Waals surface area contributed by atoms with Gasteiger partial charge in [-0.2, -0.15) is 13.2 Å². The maximum Gasteiger partial charge on any atom is 0.416 e. The summed E-state index contributed by atoms with van der Waals surface area (Å²) in [5, 5.41) is 11.5. The lowest BCUT2D eigenvalue weighted by atomic mass is 10.1. The van der Waals surface area contributed by atoms with Crippen LogP contribution in [-0.4, -0.2) is 51.3 Å². The van der Waals surface area contributed by atoms with E-state index in [1.807, 2.05) is 0 Å². The minimum absolute atomic E-state index is 0.0200. The third-order valence-electron chi connectivity index (χ3n) is 5.60. The molecular formula is C23H22F3N7O4. The van der Waals surface area contributed by atoms with Crippen LogP contribution in [0, 0.1) is 6.92 Å². The third kappa shape index (κ3) is 5.74. The first kappa shape index (κ1) is 25.8. The molecule has 3 heterocycles.